The van der Waals surface area contributed by atoms with E-state index < -0.39 is 18.0 Å². The normalized spacial score (nSPS) is 16.9. The molecule has 1 fully saturated rings. The molecule has 9 nitrogen and oxygen atoms in total. The van der Waals surface area contributed by atoms with Gasteiger partial charge in [0.1, 0.15) is 6.61 Å². The lowest BCUT2D eigenvalue weighted by molar-refractivity contribution is -0.143. The fourth-order valence-corrected chi connectivity index (χ4v) is 4.83. The van der Waals surface area contributed by atoms with Crippen molar-refractivity contribution in [3.8, 4) is 11.1 Å². The number of piperidine rings is 1. The van der Waals surface area contributed by atoms with E-state index in [1.54, 1.807) is 0 Å². The summed E-state index contributed by atoms with van der Waals surface area (Å²) in [5.74, 6) is -1.60. The summed E-state index contributed by atoms with van der Waals surface area (Å²) < 4.78 is 10.7. The number of carbonyl (C=O) groups excluding carboxylic acids is 2. The average Bonchev–Trinajstić information content (AvgIpc) is 3.49. The zero-order valence-electron chi connectivity index (χ0n) is 19.0. The second-order valence-electron chi connectivity index (χ2n) is 8.79. The van der Waals surface area contributed by atoms with Gasteiger partial charge in [-0.05, 0) is 35.1 Å². The van der Waals surface area contributed by atoms with E-state index in [4.69, 9.17) is 9.26 Å². The van der Waals surface area contributed by atoms with Crippen LogP contribution >= 0.6 is 0 Å². The summed E-state index contributed by atoms with van der Waals surface area (Å²) in [4.78, 5) is 37.7. The Morgan fingerprint density at radius 1 is 1.09 bits per heavy atom. The minimum atomic E-state index is -0.907. The van der Waals surface area contributed by atoms with E-state index in [-0.39, 0.29) is 37.2 Å². The number of benzene rings is 2. The van der Waals surface area contributed by atoms with E-state index in [9.17, 15) is 19.5 Å². The molecular weight excluding hydrogens is 450 g/mol. The van der Waals surface area contributed by atoms with Gasteiger partial charge < -0.3 is 24.6 Å². The van der Waals surface area contributed by atoms with Gasteiger partial charge in [-0.2, -0.15) is 0 Å². The molecule has 2 aromatic carbocycles. The molecule has 2 amide bonds. The van der Waals surface area contributed by atoms with Gasteiger partial charge >= 0.3 is 12.1 Å². The first kappa shape index (κ1) is 22.6. The number of nitrogens with zero attached hydrogens (tertiary/aromatic N) is 2. The number of rotatable bonds is 6. The highest BCUT2D eigenvalue weighted by molar-refractivity contribution is 5.92. The summed E-state index contributed by atoms with van der Waals surface area (Å²) in [7, 11) is 0. The third-order valence-electron chi connectivity index (χ3n) is 6.59. The molecule has 35 heavy (non-hydrogen) atoms. The van der Waals surface area contributed by atoms with Crippen molar-refractivity contribution in [3.63, 3.8) is 0 Å². The van der Waals surface area contributed by atoms with Crippen molar-refractivity contribution >= 4 is 18.0 Å². The molecule has 0 saturated carbocycles. The number of hydrogen-bond acceptors (Lipinski definition) is 6. The molecule has 2 aliphatic rings. The van der Waals surface area contributed by atoms with Crippen molar-refractivity contribution < 1.29 is 28.8 Å². The van der Waals surface area contributed by atoms with Crippen LogP contribution < -0.4 is 5.32 Å². The number of ether oxygens (including phenoxy) is 1. The van der Waals surface area contributed by atoms with Gasteiger partial charge in [-0.1, -0.05) is 53.7 Å². The summed E-state index contributed by atoms with van der Waals surface area (Å²) >= 11 is 0. The molecule has 1 atom stereocenters. The highest BCUT2D eigenvalue weighted by Gasteiger charge is 2.31. The van der Waals surface area contributed by atoms with Crippen molar-refractivity contribution in [2.45, 2.75) is 25.3 Å². The fourth-order valence-electron chi connectivity index (χ4n) is 4.83. The minimum Gasteiger partial charge on any atom is -0.481 e. The predicted molar refractivity (Wildman–Crippen MR) is 125 cm³/mol. The highest BCUT2D eigenvalue weighted by Crippen LogP contribution is 2.44. The number of hydrogen-bond donors (Lipinski definition) is 2. The van der Waals surface area contributed by atoms with Crippen LogP contribution in [0.2, 0.25) is 0 Å². The van der Waals surface area contributed by atoms with Crippen LogP contribution in [0.3, 0.4) is 0 Å². The van der Waals surface area contributed by atoms with Crippen molar-refractivity contribution in [2.75, 3.05) is 19.7 Å². The number of carboxylic acid groups (broad SMARTS) is 1. The molecule has 2 N–H and O–H groups in total. The number of carbonyl (C=O) groups is 3. The van der Waals surface area contributed by atoms with Crippen molar-refractivity contribution in [2.24, 2.45) is 5.92 Å². The van der Waals surface area contributed by atoms with E-state index in [1.165, 1.54) is 11.0 Å². The minimum absolute atomic E-state index is 0.00864. The first-order chi connectivity index (χ1) is 17.0. The average molecular weight is 476 g/mol. The van der Waals surface area contributed by atoms with E-state index >= 15 is 0 Å². The molecule has 180 valence electrons. The molecule has 5 rings (SSSR count). The topological polar surface area (TPSA) is 122 Å². The van der Waals surface area contributed by atoms with Crippen LogP contribution in [0.15, 0.2) is 59.1 Å². The number of aromatic nitrogens is 1. The van der Waals surface area contributed by atoms with Gasteiger partial charge in [-0.25, -0.2) is 4.79 Å². The zero-order chi connectivity index (χ0) is 24.4. The lowest BCUT2D eigenvalue weighted by atomic mass is 9.98. The Hall–Kier alpha value is -4.14. The van der Waals surface area contributed by atoms with Gasteiger partial charge in [-0.15, -0.1) is 0 Å². The summed E-state index contributed by atoms with van der Waals surface area (Å²) in [6.07, 6.45) is 0.570. The Morgan fingerprint density at radius 3 is 2.46 bits per heavy atom. The van der Waals surface area contributed by atoms with Crippen LogP contribution in [0.25, 0.3) is 11.1 Å². The summed E-state index contributed by atoms with van der Waals surface area (Å²) in [6, 6.07) is 17.7. The van der Waals surface area contributed by atoms with Gasteiger partial charge in [0.2, 0.25) is 0 Å². The molecule has 1 saturated heterocycles. The molecule has 1 aromatic heterocycles. The standard InChI is InChI=1S/C26H25N3O6/c30-24(29-11-5-6-16(14-29)25(31)32)23-12-17(35-28-23)13-27-26(33)34-15-22-20-9-3-1-7-18(20)19-8-2-4-10-21(19)22/h1-4,7-10,12,16,22H,5-6,11,13-15H2,(H,27,33)(H,31,32)/t16-/m0/s1. The first-order valence-electron chi connectivity index (χ1n) is 11.6. The van der Waals surface area contributed by atoms with E-state index in [2.05, 4.69) is 34.7 Å². The van der Waals surface area contributed by atoms with Crippen molar-refractivity contribution in [1.82, 2.24) is 15.4 Å². The fraction of sp³-hybridized carbons (Fsp3) is 0.308. The Kier molecular flexibility index (Phi) is 6.22. The lowest BCUT2D eigenvalue weighted by Gasteiger charge is -2.29. The first-order valence-corrected chi connectivity index (χ1v) is 11.6. The van der Waals surface area contributed by atoms with Crippen molar-refractivity contribution in [1.29, 1.82) is 0 Å². The summed E-state index contributed by atoms with van der Waals surface area (Å²) in [5, 5.41) is 15.6. The molecule has 2 heterocycles. The third kappa shape index (κ3) is 4.62. The van der Waals surface area contributed by atoms with Crippen LogP contribution in [0.5, 0.6) is 0 Å². The number of alkyl carbamates (subject to hydrolysis) is 1. The largest absolute Gasteiger partial charge is 0.481 e. The van der Waals surface area contributed by atoms with Crippen LogP contribution in [-0.4, -0.2) is 52.8 Å². The van der Waals surface area contributed by atoms with Crippen LogP contribution in [0, 0.1) is 5.92 Å². The molecule has 0 bridgehead atoms. The van der Waals surface area contributed by atoms with E-state index in [0.29, 0.717) is 25.1 Å². The monoisotopic (exact) mass is 475 g/mol. The maximum Gasteiger partial charge on any atom is 0.407 e. The number of nitrogens with one attached hydrogen (secondary N) is 1. The molecular formula is C26H25N3O6. The third-order valence-corrected chi connectivity index (χ3v) is 6.59. The SMILES string of the molecule is O=C(NCc1cc(C(=O)N2CCC[C@H](C(=O)O)C2)no1)OCC1c2ccccc2-c2ccccc21. The second-order valence-corrected chi connectivity index (χ2v) is 8.79. The molecule has 1 aliphatic carbocycles. The number of carboxylic acids is 1. The van der Waals surface area contributed by atoms with Crippen LogP contribution in [0.4, 0.5) is 4.79 Å². The maximum atomic E-state index is 12.7. The quantitative estimate of drug-likeness (QED) is 0.558. The molecule has 0 unspecified atom stereocenters. The lowest BCUT2D eigenvalue weighted by Crippen LogP contribution is -2.42. The second kappa shape index (κ2) is 9.61. The van der Waals surface area contributed by atoms with Crippen LogP contribution in [0.1, 0.15) is 46.1 Å². The number of aliphatic carboxylic acids is 1. The summed E-state index contributed by atoms with van der Waals surface area (Å²) in [6.45, 7) is 0.825. The predicted octanol–water partition coefficient (Wildman–Crippen LogP) is 3.65. The van der Waals surface area contributed by atoms with Gasteiger partial charge in [-0.3, -0.25) is 9.59 Å². The molecule has 0 radical (unpaired) electrons. The summed E-state index contributed by atoms with van der Waals surface area (Å²) in [5.41, 5.74) is 4.64. The Bertz CT molecular complexity index is 1220. The molecule has 1 aliphatic heterocycles. The highest BCUT2D eigenvalue weighted by atomic mass is 16.5. The van der Waals surface area contributed by atoms with E-state index in [1.807, 2.05) is 24.3 Å². The molecule has 0 spiro atoms. The number of amides is 2. The Morgan fingerprint density at radius 2 is 1.77 bits per heavy atom. The van der Waals surface area contributed by atoms with E-state index in [0.717, 1.165) is 22.3 Å². The van der Waals surface area contributed by atoms with Crippen molar-refractivity contribution in [3.05, 3.63) is 77.2 Å². The number of likely N-dealkylation sites (tertiary alicyclic amines) is 1. The smallest absolute Gasteiger partial charge is 0.407 e. The van der Waals surface area contributed by atoms with Gasteiger partial charge in [0.25, 0.3) is 5.91 Å². The van der Waals surface area contributed by atoms with Gasteiger partial charge in [0.15, 0.2) is 11.5 Å². The Balaban J connectivity index is 1.15. The zero-order valence-corrected chi connectivity index (χ0v) is 19.0. The van der Waals surface area contributed by atoms with Gasteiger partial charge in [0.05, 0.1) is 12.5 Å². The number of fused-ring (bicyclic) bond motifs is 3. The molecule has 3 aromatic rings. The molecule has 9 heteroatoms. The maximum absolute atomic E-state index is 12.7. The Labute approximate surface area is 201 Å². The van der Waals surface area contributed by atoms with Gasteiger partial charge in [0, 0.05) is 25.1 Å². The van der Waals surface area contributed by atoms with Crippen LogP contribution in [-0.2, 0) is 16.1 Å².